The number of hydrogen-bond acceptors (Lipinski definition) is 5. The van der Waals surface area contributed by atoms with Gasteiger partial charge in [0.05, 0.1) is 0 Å². The van der Waals surface area contributed by atoms with Gasteiger partial charge in [-0.25, -0.2) is 4.79 Å². The van der Waals surface area contributed by atoms with Crippen molar-refractivity contribution in [2.45, 2.75) is 6.92 Å². The monoisotopic (exact) mass is 222 g/mol. The molecular formula is C7H10O6S. The average Bonchev–Trinajstić information content (AvgIpc) is 1.96. The molecule has 0 aromatic rings. The fraction of sp³-hybridized carbons (Fsp3) is 0.429. The first-order valence-electron chi connectivity index (χ1n) is 3.52. The standard InChI is InChI=1S/C7H10O6S/c1-5(2)7(9)13-3-6(8)4-14(10,11)12/h1,3-4H2,2H3,(H,10,11,12). The first-order chi connectivity index (χ1) is 6.22. The Labute approximate surface area is 81.3 Å². The Hall–Kier alpha value is -1.21. The van der Waals surface area contributed by atoms with E-state index >= 15 is 0 Å². The molecule has 0 aliphatic rings. The Morgan fingerprint density at radius 1 is 1.43 bits per heavy atom. The molecule has 80 valence electrons. The number of ether oxygens (including phenoxy) is 1. The van der Waals surface area contributed by atoms with E-state index in [0.717, 1.165) is 0 Å². The average molecular weight is 222 g/mol. The van der Waals surface area contributed by atoms with Crippen molar-refractivity contribution < 1.29 is 27.3 Å². The highest BCUT2D eigenvalue weighted by molar-refractivity contribution is 7.86. The molecule has 0 aliphatic carbocycles. The molecule has 0 saturated heterocycles. The molecular weight excluding hydrogens is 212 g/mol. The second kappa shape index (κ2) is 4.87. The summed E-state index contributed by atoms with van der Waals surface area (Å²) < 4.78 is 33.0. The van der Waals surface area contributed by atoms with E-state index in [1.165, 1.54) is 6.92 Å². The van der Waals surface area contributed by atoms with E-state index in [9.17, 15) is 18.0 Å². The van der Waals surface area contributed by atoms with E-state index < -0.39 is 34.2 Å². The van der Waals surface area contributed by atoms with E-state index in [1.54, 1.807) is 0 Å². The van der Waals surface area contributed by atoms with E-state index in [0.29, 0.717) is 0 Å². The maximum absolute atomic E-state index is 10.7. The molecule has 1 N–H and O–H groups in total. The smallest absolute Gasteiger partial charge is 0.333 e. The van der Waals surface area contributed by atoms with E-state index in [1.807, 2.05) is 0 Å². The van der Waals surface area contributed by atoms with Crippen LogP contribution in [0.4, 0.5) is 0 Å². The molecule has 0 radical (unpaired) electrons. The van der Waals surface area contributed by atoms with Crippen LogP contribution in [0.1, 0.15) is 6.92 Å². The lowest BCUT2D eigenvalue weighted by Gasteiger charge is -2.01. The number of ketones is 1. The number of carbonyl (C=O) groups is 2. The van der Waals surface area contributed by atoms with Crippen LogP contribution in [0.3, 0.4) is 0 Å². The summed E-state index contributed by atoms with van der Waals surface area (Å²) in [7, 11) is -4.35. The van der Waals surface area contributed by atoms with Gasteiger partial charge in [0.1, 0.15) is 5.75 Å². The van der Waals surface area contributed by atoms with Crippen LogP contribution in [-0.2, 0) is 24.4 Å². The van der Waals surface area contributed by atoms with Gasteiger partial charge in [-0.05, 0) is 6.92 Å². The van der Waals surface area contributed by atoms with Crippen molar-refractivity contribution in [3.05, 3.63) is 12.2 Å². The zero-order valence-electron chi connectivity index (χ0n) is 7.52. The normalized spacial score (nSPS) is 10.7. The first kappa shape index (κ1) is 12.8. The zero-order valence-corrected chi connectivity index (χ0v) is 8.33. The van der Waals surface area contributed by atoms with Gasteiger partial charge in [0.2, 0.25) is 0 Å². The van der Waals surface area contributed by atoms with Gasteiger partial charge in [0, 0.05) is 5.57 Å². The van der Waals surface area contributed by atoms with Crippen molar-refractivity contribution in [2.24, 2.45) is 0 Å². The third-order valence-electron chi connectivity index (χ3n) is 1.06. The van der Waals surface area contributed by atoms with Crippen molar-refractivity contribution in [1.29, 1.82) is 0 Å². The minimum absolute atomic E-state index is 0.102. The molecule has 0 heterocycles. The van der Waals surface area contributed by atoms with Crippen molar-refractivity contribution in [3.8, 4) is 0 Å². The zero-order chi connectivity index (χ0) is 11.4. The fourth-order valence-electron chi connectivity index (χ4n) is 0.514. The molecule has 6 nitrogen and oxygen atoms in total. The Kier molecular flexibility index (Phi) is 4.45. The van der Waals surface area contributed by atoms with Crippen LogP contribution in [-0.4, -0.2) is 37.1 Å². The molecule has 0 aromatic heterocycles. The number of esters is 1. The molecule has 0 unspecified atom stereocenters. The second-order valence-corrected chi connectivity index (χ2v) is 4.07. The minimum atomic E-state index is -4.35. The van der Waals surface area contributed by atoms with Crippen LogP contribution in [0.25, 0.3) is 0 Å². The highest BCUT2D eigenvalue weighted by atomic mass is 32.2. The number of hydrogen-bond donors (Lipinski definition) is 1. The Morgan fingerprint density at radius 3 is 2.29 bits per heavy atom. The quantitative estimate of drug-likeness (QED) is 0.385. The molecule has 0 bridgehead atoms. The molecule has 0 atom stereocenters. The largest absolute Gasteiger partial charge is 0.454 e. The number of Topliss-reactive ketones (excluding diaryl/α,β-unsaturated/α-hetero) is 1. The summed E-state index contributed by atoms with van der Waals surface area (Å²) in [5.74, 6) is -2.74. The van der Waals surface area contributed by atoms with Crippen LogP contribution in [0.5, 0.6) is 0 Å². The van der Waals surface area contributed by atoms with Gasteiger partial charge < -0.3 is 4.74 Å². The predicted molar refractivity (Wildman–Crippen MR) is 47.2 cm³/mol. The van der Waals surface area contributed by atoms with E-state index in [4.69, 9.17) is 4.55 Å². The van der Waals surface area contributed by atoms with Crippen LogP contribution in [0.15, 0.2) is 12.2 Å². The van der Waals surface area contributed by atoms with Gasteiger partial charge >= 0.3 is 5.97 Å². The van der Waals surface area contributed by atoms with Gasteiger partial charge in [0.25, 0.3) is 10.1 Å². The molecule has 7 heteroatoms. The summed E-state index contributed by atoms with van der Waals surface area (Å²) in [6.07, 6.45) is 0. The van der Waals surface area contributed by atoms with Crippen LogP contribution < -0.4 is 0 Å². The molecule has 0 aromatic carbocycles. The second-order valence-electron chi connectivity index (χ2n) is 2.62. The first-order valence-corrected chi connectivity index (χ1v) is 5.13. The summed E-state index contributed by atoms with van der Waals surface area (Å²) in [6, 6.07) is 0. The number of carbonyl (C=O) groups excluding carboxylic acids is 2. The van der Waals surface area contributed by atoms with Gasteiger partial charge in [-0.1, -0.05) is 6.58 Å². The molecule has 0 spiro atoms. The van der Waals surface area contributed by atoms with Crippen LogP contribution in [0.2, 0.25) is 0 Å². The van der Waals surface area contributed by atoms with Gasteiger partial charge in [0.15, 0.2) is 12.4 Å². The van der Waals surface area contributed by atoms with Crippen molar-refractivity contribution in [2.75, 3.05) is 12.4 Å². The lowest BCUT2D eigenvalue weighted by Crippen LogP contribution is -2.21. The van der Waals surface area contributed by atoms with Crippen molar-refractivity contribution in [3.63, 3.8) is 0 Å². The minimum Gasteiger partial charge on any atom is -0.454 e. The molecule has 0 rings (SSSR count). The van der Waals surface area contributed by atoms with Crippen molar-refractivity contribution >= 4 is 21.9 Å². The summed E-state index contributed by atoms with van der Waals surface area (Å²) in [4.78, 5) is 21.5. The molecule has 0 amide bonds. The molecule has 14 heavy (non-hydrogen) atoms. The summed E-state index contributed by atoms with van der Waals surface area (Å²) in [6.45, 7) is 3.95. The fourth-order valence-corrected chi connectivity index (χ4v) is 1.00. The van der Waals surface area contributed by atoms with Crippen LogP contribution >= 0.6 is 0 Å². The number of rotatable bonds is 5. The highest BCUT2D eigenvalue weighted by Crippen LogP contribution is 1.93. The van der Waals surface area contributed by atoms with Gasteiger partial charge in [-0.15, -0.1) is 0 Å². The summed E-state index contributed by atoms with van der Waals surface area (Å²) in [5.41, 5.74) is 0.102. The Balaban J connectivity index is 3.99. The molecule has 0 aliphatic heterocycles. The van der Waals surface area contributed by atoms with Gasteiger partial charge in [-0.3, -0.25) is 9.35 Å². The van der Waals surface area contributed by atoms with E-state index in [2.05, 4.69) is 11.3 Å². The van der Waals surface area contributed by atoms with Gasteiger partial charge in [-0.2, -0.15) is 8.42 Å². The van der Waals surface area contributed by atoms with Crippen LogP contribution in [0, 0.1) is 0 Å². The molecule has 0 saturated carbocycles. The maximum Gasteiger partial charge on any atom is 0.333 e. The van der Waals surface area contributed by atoms with E-state index in [-0.39, 0.29) is 5.57 Å². The highest BCUT2D eigenvalue weighted by Gasteiger charge is 2.14. The Morgan fingerprint density at radius 2 is 1.93 bits per heavy atom. The summed E-state index contributed by atoms with van der Waals surface area (Å²) >= 11 is 0. The molecule has 0 fully saturated rings. The predicted octanol–water partition coefficient (Wildman–Crippen LogP) is -0.437. The summed E-state index contributed by atoms with van der Waals surface area (Å²) in [5, 5.41) is 0. The Bertz CT molecular complexity index is 352. The third-order valence-corrected chi connectivity index (χ3v) is 1.74. The maximum atomic E-state index is 10.7. The third kappa shape index (κ3) is 6.32. The lowest BCUT2D eigenvalue weighted by atomic mass is 10.4. The van der Waals surface area contributed by atoms with Crippen molar-refractivity contribution in [1.82, 2.24) is 0 Å². The lowest BCUT2D eigenvalue weighted by molar-refractivity contribution is -0.143. The SMILES string of the molecule is C=C(C)C(=O)OCC(=O)CS(=O)(=O)O. The topological polar surface area (TPSA) is 97.7 Å².